The van der Waals surface area contributed by atoms with Gasteiger partial charge in [0.25, 0.3) is 5.69 Å². The largest absolute Gasteiger partial charge is 0.497 e. The lowest BCUT2D eigenvalue weighted by atomic mass is 10.1. The molecule has 10 nitrogen and oxygen atoms in total. The van der Waals surface area contributed by atoms with Crippen molar-refractivity contribution in [2.45, 2.75) is 6.18 Å². The second-order valence-electron chi connectivity index (χ2n) is 7.32. The molecule has 4 aromatic rings. The molecular formula is C23H13F3N2O8. The quantitative estimate of drug-likeness (QED) is 0.228. The summed E-state index contributed by atoms with van der Waals surface area (Å²) in [6.45, 7) is 0. The highest BCUT2D eigenvalue weighted by Gasteiger charge is 2.41. The molecule has 1 aromatic heterocycles. The van der Waals surface area contributed by atoms with Crippen molar-refractivity contribution < 1.29 is 36.9 Å². The number of rotatable bonds is 6. The molecule has 0 bridgehead atoms. The highest BCUT2D eigenvalue weighted by Crippen LogP contribution is 2.46. The molecule has 13 heteroatoms. The third kappa shape index (κ3) is 4.53. The highest BCUT2D eigenvalue weighted by molar-refractivity contribution is 5.83. The van der Waals surface area contributed by atoms with Gasteiger partial charge in [-0.2, -0.15) is 13.2 Å². The first kappa shape index (κ1) is 24.2. The van der Waals surface area contributed by atoms with Crippen LogP contribution in [0.15, 0.2) is 70.1 Å². The number of hydrogen-bond donors (Lipinski definition) is 0. The first-order chi connectivity index (χ1) is 17.0. The maximum atomic E-state index is 13.6. The average Bonchev–Trinajstić information content (AvgIpc) is 2.83. The number of fused-ring (bicyclic) bond motifs is 1. The van der Waals surface area contributed by atoms with E-state index in [1.54, 1.807) is 24.3 Å². The van der Waals surface area contributed by atoms with Crippen molar-refractivity contribution in [1.29, 1.82) is 0 Å². The Morgan fingerprint density at radius 1 is 0.917 bits per heavy atom. The molecule has 36 heavy (non-hydrogen) atoms. The van der Waals surface area contributed by atoms with E-state index < -0.39 is 44.1 Å². The van der Waals surface area contributed by atoms with E-state index in [2.05, 4.69) is 0 Å². The van der Waals surface area contributed by atoms with E-state index in [-0.39, 0.29) is 28.3 Å². The van der Waals surface area contributed by atoms with E-state index in [9.17, 15) is 38.2 Å². The first-order valence-electron chi connectivity index (χ1n) is 9.91. The van der Waals surface area contributed by atoms with Crippen LogP contribution in [0.3, 0.4) is 0 Å². The molecule has 1 heterocycles. The summed E-state index contributed by atoms with van der Waals surface area (Å²) in [5.41, 5.74) is -3.85. The molecule has 0 aliphatic carbocycles. The summed E-state index contributed by atoms with van der Waals surface area (Å²) in [6.07, 6.45) is -4.05. The van der Waals surface area contributed by atoms with Crippen LogP contribution >= 0.6 is 0 Å². The second-order valence-corrected chi connectivity index (χ2v) is 7.32. The normalized spacial score (nSPS) is 11.3. The van der Waals surface area contributed by atoms with Crippen molar-refractivity contribution in [1.82, 2.24) is 0 Å². The average molecular weight is 502 g/mol. The lowest BCUT2D eigenvalue weighted by Crippen LogP contribution is -2.10. The fraction of sp³-hybridized carbons (Fsp3) is 0.0870. The van der Waals surface area contributed by atoms with Gasteiger partial charge in [0.1, 0.15) is 28.9 Å². The molecule has 4 rings (SSSR count). The molecular weight excluding hydrogens is 489 g/mol. The molecule has 184 valence electrons. The molecule has 0 N–H and O–H groups in total. The van der Waals surface area contributed by atoms with Crippen LogP contribution in [0.1, 0.15) is 5.56 Å². The molecule has 0 saturated carbocycles. The van der Waals surface area contributed by atoms with E-state index in [0.717, 1.165) is 18.4 Å². The molecule has 3 aromatic carbocycles. The fourth-order valence-corrected chi connectivity index (χ4v) is 3.42. The van der Waals surface area contributed by atoms with Crippen LogP contribution in [0, 0.1) is 20.2 Å². The molecule has 0 aliphatic rings. The van der Waals surface area contributed by atoms with Gasteiger partial charge in [-0.1, -0.05) is 12.1 Å². The van der Waals surface area contributed by atoms with Gasteiger partial charge >= 0.3 is 11.9 Å². The number of non-ortho nitro benzene ring substituents is 1. The Labute approximate surface area is 198 Å². The Kier molecular flexibility index (Phi) is 6.06. The molecule has 0 unspecified atom stereocenters. The number of halogens is 3. The van der Waals surface area contributed by atoms with Crippen LogP contribution in [0.5, 0.6) is 17.2 Å². The van der Waals surface area contributed by atoms with Crippen LogP contribution in [0.4, 0.5) is 24.5 Å². The zero-order valence-corrected chi connectivity index (χ0v) is 18.1. The predicted molar refractivity (Wildman–Crippen MR) is 119 cm³/mol. The monoisotopic (exact) mass is 502 g/mol. The standard InChI is InChI=1S/C23H13F3N2O8/c1-34-14-4-2-12(3-5-14)17-11-35-20-10-15(6-7-16(20)21(17)29)36-22-18(23(24,25)26)8-13(27(30)31)9-19(22)28(32)33/h2-11H,1H3. The number of nitrogens with zero attached hydrogens (tertiary/aromatic N) is 2. The van der Waals surface area contributed by atoms with Crippen molar-refractivity contribution in [3.63, 3.8) is 0 Å². The van der Waals surface area contributed by atoms with Gasteiger partial charge in [0.05, 0.1) is 34.0 Å². The van der Waals surface area contributed by atoms with Gasteiger partial charge in [0.2, 0.25) is 5.75 Å². The highest BCUT2D eigenvalue weighted by atomic mass is 19.4. The third-order valence-corrected chi connectivity index (χ3v) is 5.13. The molecule has 0 amide bonds. The van der Waals surface area contributed by atoms with E-state index in [4.69, 9.17) is 13.9 Å². The first-order valence-corrected chi connectivity index (χ1v) is 9.91. The van der Waals surface area contributed by atoms with Gasteiger partial charge in [0, 0.05) is 12.1 Å². The topological polar surface area (TPSA) is 135 Å². The van der Waals surface area contributed by atoms with Crippen molar-refractivity contribution in [3.05, 3.63) is 96.9 Å². The predicted octanol–water partition coefficient (Wildman–Crippen LogP) is 6.10. The van der Waals surface area contributed by atoms with Crippen molar-refractivity contribution in [2.24, 2.45) is 0 Å². The summed E-state index contributed by atoms with van der Waals surface area (Å²) in [5, 5.41) is 22.5. The van der Waals surface area contributed by atoms with E-state index >= 15 is 0 Å². The number of nitro benzene ring substituents is 2. The van der Waals surface area contributed by atoms with Gasteiger partial charge in [-0.25, -0.2) is 0 Å². The van der Waals surface area contributed by atoms with Crippen molar-refractivity contribution >= 4 is 22.3 Å². The Morgan fingerprint density at radius 2 is 1.58 bits per heavy atom. The van der Waals surface area contributed by atoms with Crippen LogP contribution < -0.4 is 14.9 Å². The van der Waals surface area contributed by atoms with Gasteiger partial charge in [-0.3, -0.25) is 25.0 Å². The van der Waals surface area contributed by atoms with E-state index in [1.807, 2.05) is 0 Å². The molecule has 0 aliphatic heterocycles. The summed E-state index contributed by atoms with van der Waals surface area (Å²) in [4.78, 5) is 32.9. The molecule has 0 spiro atoms. The Bertz CT molecular complexity index is 1560. The SMILES string of the molecule is COc1ccc(-c2coc3cc(Oc4c([N+](=O)[O-])cc([N+](=O)[O-])cc4C(F)(F)F)ccc3c2=O)cc1. The minimum Gasteiger partial charge on any atom is -0.497 e. The maximum absolute atomic E-state index is 13.6. The smallest absolute Gasteiger partial charge is 0.420 e. The molecule has 0 radical (unpaired) electrons. The Hall–Kier alpha value is -4.94. The van der Waals surface area contributed by atoms with E-state index in [1.165, 1.54) is 13.2 Å². The van der Waals surface area contributed by atoms with E-state index in [0.29, 0.717) is 17.4 Å². The molecule has 0 saturated heterocycles. The summed E-state index contributed by atoms with van der Waals surface area (Å²) in [7, 11) is 1.49. The lowest BCUT2D eigenvalue weighted by Gasteiger charge is -2.14. The molecule has 0 atom stereocenters. The second kappa shape index (κ2) is 9.02. The Morgan fingerprint density at radius 3 is 2.17 bits per heavy atom. The number of nitro groups is 2. The van der Waals surface area contributed by atoms with Gasteiger partial charge < -0.3 is 13.9 Å². The number of hydrogen-bond acceptors (Lipinski definition) is 8. The fourth-order valence-electron chi connectivity index (χ4n) is 3.42. The Balaban J connectivity index is 1.80. The molecule has 0 fully saturated rings. The van der Waals surface area contributed by atoms with Crippen LogP contribution in [0.25, 0.3) is 22.1 Å². The summed E-state index contributed by atoms with van der Waals surface area (Å²) >= 11 is 0. The van der Waals surface area contributed by atoms with Crippen LogP contribution in [-0.4, -0.2) is 17.0 Å². The van der Waals surface area contributed by atoms with Crippen LogP contribution in [-0.2, 0) is 6.18 Å². The zero-order chi connectivity index (χ0) is 26.2. The summed E-state index contributed by atoms with van der Waals surface area (Å²) < 4.78 is 56.6. The van der Waals surface area contributed by atoms with Crippen molar-refractivity contribution in [3.8, 4) is 28.4 Å². The van der Waals surface area contributed by atoms with Gasteiger partial charge in [-0.05, 0) is 29.8 Å². The van der Waals surface area contributed by atoms with Crippen LogP contribution in [0.2, 0.25) is 0 Å². The number of ether oxygens (including phenoxy) is 2. The minimum atomic E-state index is -5.21. The van der Waals surface area contributed by atoms with Crippen molar-refractivity contribution in [2.75, 3.05) is 7.11 Å². The summed E-state index contributed by atoms with van der Waals surface area (Å²) in [5.74, 6) is -0.996. The zero-order valence-electron chi connectivity index (χ0n) is 18.1. The minimum absolute atomic E-state index is 0.0621. The maximum Gasteiger partial charge on any atom is 0.420 e. The number of alkyl halides is 3. The van der Waals surface area contributed by atoms with Gasteiger partial charge in [0.15, 0.2) is 5.43 Å². The summed E-state index contributed by atoms with van der Waals surface area (Å²) in [6, 6.07) is 10.5. The van der Waals surface area contributed by atoms with Gasteiger partial charge in [-0.15, -0.1) is 0 Å². The number of benzene rings is 3. The number of methoxy groups -OCH3 is 1. The third-order valence-electron chi connectivity index (χ3n) is 5.13. The lowest BCUT2D eigenvalue weighted by molar-refractivity contribution is -0.395.